The van der Waals surface area contributed by atoms with Gasteiger partial charge in [0.25, 0.3) is 0 Å². The number of aryl methyl sites for hydroxylation is 1. The van der Waals surface area contributed by atoms with Gasteiger partial charge in [0.05, 0.1) is 4.90 Å². The van der Waals surface area contributed by atoms with E-state index in [-0.39, 0.29) is 11.7 Å². The molecular formula is C21H23FN2O2S. The summed E-state index contributed by atoms with van der Waals surface area (Å²) in [4.78, 5) is 3.49. The Morgan fingerprint density at radius 2 is 1.81 bits per heavy atom. The van der Waals surface area contributed by atoms with Crippen molar-refractivity contribution in [1.82, 2.24) is 9.29 Å². The lowest BCUT2D eigenvalue weighted by Crippen LogP contribution is -2.37. The first-order valence-corrected chi connectivity index (χ1v) is 10.8. The first kappa shape index (κ1) is 18.2. The number of halogens is 1. The third kappa shape index (κ3) is 3.39. The summed E-state index contributed by atoms with van der Waals surface area (Å²) in [6.07, 6.45) is 4.34. The molecule has 1 N–H and O–H groups in total. The first-order chi connectivity index (χ1) is 13.0. The average Bonchev–Trinajstić information content (AvgIpc) is 3.11. The van der Waals surface area contributed by atoms with Gasteiger partial charge < -0.3 is 4.98 Å². The molecule has 0 bridgehead atoms. The van der Waals surface area contributed by atoms with E-state index in [1.54, 1.807) is 22.5 Å². The Labute approximate surface area is 159 Å². The van der Waals surface area contributed by atoms with Crippen molar-refractivity contribution in [2.45, 2.75) is 37.0 Å². The molecule has 27 heavy (non-hydrogen) atoms. The number of fused-ring (bicyclic) bond motifs is 1. The van der Waals surface area contributed by atoms with Crippen LogP contribution in [0.1, 0.15) is 36.8 Å². The van der Waals surface area contributed by atoms with Crippen LogP contribution in [-0.4, -0.2) is 30.8 Å². The summed E-state index contributed by atoms with van der Waals surface area (Å²) in [5.41, 5.74) is 3.06. The maximum Gasteiger partial charge on any atom is 0.243 e. The van der Waals surface area contributed by atoms with Crippen molar-refractivity contribution >= 4 is 20.9 Å². The summed E-state index contributed by atoms with van der Waals surface area (Å²) in [5, 5.41) is 1.02. The van der Waals surface area contributed by atoms with Crippen LogP contribution in [0.2, 0.25) is 0 Å². The van der Waals surface area contributed by atoms with Crippen LogP contribution >= 0.6 is 0 Å². The molecule has 142 valence electrons. The van der Waals surface area contributed by atoms with Crippen LogP contribution in [0, 0.1) is 5.82 Å². The number of nitrogens with zero attached hydrogens (tertiary/aromatic N) is 1. The summed E-state index contributed by atoms with van der Waals surface area (Å²) < 4.78 is 40.8. The molecule has 4 nitrogen and oxygen atoms in total. The molecule has 1 fully saturated rings. The molecule has 0 spiro atoms. The van der Waals surface area contributed by atoms with Crippen molar-refractivity contribution in [1.29, 1.82) is 0 Å². The van der Waals surface area contributed by atoms with E-state index < -0.39 is 10.0 Å². The lowest BCUT2D eigenvalue weighted by molar-refractivity contribution is 0.320. The van der Waals surface area contributed by atoms with Crippen molar-refractivity contribution in [2.75, 3.05) is 13.1 Å². The summed E-state index contributed by atoms with van der Waals surface area (Å²) in [6.45, 7) is 3.04. The van der Waals surface area contributed by atoms with Gasteiger partial charge in [-0.05, 0) is 66.6 Å². The van der Waals surface area contributed by atoms with Gasteiger partial charge in [0.15, 0.2) is 0 Å². The van der Waals surface area contributed by atoms with Gasteiger partial charge in [-0.1, -0.05) is 19.1 Å². The second kappa shape index (κ2) is 7.09. The molecule has 1 aromatic heterocycles. The number of sulfonamides is 1. The molecule has 0 atom stereocenters. The van der Waals surface area contributed by atoms with Gasteiger partial charge in [0, 0.05) is 30.2 Å². The molecule has 1 aliphatic rings. The van der Waals surface area contributed by atoms with Gasteiger partial charge in [0.1, 0.15) is 5.82 Å². The van der Waals surface area contributed by atoms with Crippen molar-refractivity contribution in [3.8, 4) is 0 Å². The molecule has 2 heterocycles. The number of rotatable bonds is 4. The van der Waals surface area contributed by atoms with E-state index in [4.69, 9.17) is 0 Å². The van der Waals surface area contributed by atoms with Gasteiger partial charge in [-0.2, -0.15) is 4.31 Å². The zero-order valence-corrected chi connectivity index (χ0v) is 16.1. The lowest BCUT2D eigenvalue weighted by Gasteiger charge is -2.31. The van der Waals surface area contributed by atoms with Gasteiger partial charge >= 0.3 is 0 Å². The average molecular weight is 386 g/mol. The Bertz CT molecular complexity index is 1050. The van der Waals surface area contributed by atoms with Crippen molar-refractivity contribution < 1.29 is 12.8 Å². The van der Waals surface area contributed by atoms with Crippen LogP contribution in [0.25, 0.3) is 10.9 Å². The Morgan fingerprint density at radius 1 is 1.11 bits per heavy atom. The third-order valence-corrected chi connectivity index (χ3v) is 7.45. The third-order valence-electron chi connectivity index (χ3n) is 5.54. The van der Waals surface area contributed by atoms with E-state index in [0.717, 1.165) is 41.3 Å². The molecule has 3 aromatic rings. The van der Waals surface area contributed by atoms with Crippen molar-refractivity contribution in [2.24, 2.45) is 0 Å². The minimum Gasteiger partial charge on any atom is -0.361 e. The number of piperidine rings is 1. The number of hydrogen-bond acceptors (Lipinski definition) is 2. The van der Waals surface area contributed by atoms with Crippen LogP contribution in [0.3, 0.4) is 0 Å². The van der Waals surface area contributed by atoms with E-state index in [1.807, 2.05) is 25.3 Å². The molecule has 0 unspecified atom stereocenters. The molecule has 0 radical (unpaired) electrons. The fourth-order valence-corrected chi connectivity index (χ4v) is 5.38. The second-order valence-corrected chi connectivity index (χ2v) is 9.05. The van der Waals surface area contributed by atoms with E-state index in [9.17, 15) is 12.8 Å². The molecule has 0 amide bonds. The van der Waals surface area contributed by atoms with Crippen LogP contribution in [-0.2, 0) is 16.4 Å². The number of benzene rings is 2. The monoisotopic (exact) mass is 386 g/mol. The Kier molecular flexibility index (Phi) is 4.78. The highest BCUT2D eigenvalue weighted by atomic mass is 32.2. The summed E-state index contributed by atoms with van der Waals surface area (Å²) in [7, 11) is -3.45. The van der Waals surface area contributed by atoms with Crippen molar-refractivity contribution in [3.63, 3.8) is 0 Å². The summed E-state index contributed by atoms with van der Waals surface area (Å²) >= 11 is 0. The molecular weight excluding hydrogens is 363 g/mol. The Hall–Kier alpha value is -2.18. The number of nitrogens with one attached hydrogen (secondary N) is 1. The molecule has 2 aromatic carbocycles. The molecule has 1 saturated heterocycles. The highest BCUT2D eigenvalue weighted by Crippen LogP contribution is 2.34. The topological polar surface area (TPSA) is 53.2 Å². The van der Waals surface area contributed by atoms with E-state index in [0.29, 0.717) is 18.0 Å². The molecule has 1 aliphatic heterocycles. The lowest BCUT2D eigenvalue weighted by atomic mass is 9.90. The molecule has 6 heteroatoms. The first-order valence-electron chi connectivity index (χ1n) is 9.34. The Balaban J connectivity index is 1.50. The van der Waals surface area contributed by atoms with Crippen LogP contribution < -0.4 is 0 Å². The van der Waals surface area contributed by atoms with E-state index in [2.05, 4.69) is 4.98 Å². The predicted octanol–water partition coefficient (Wildman–Crippen LogP) is 4.44. The summed E-state index contributed by atoms with van der Waals surface area (Å²) in [5.74, 6) is 0.0176. The summed E-state index contributed by atoms with van der Waals surface area (Å²) in [6, 6.07) is 11.9. The standard InChI is InChI=1S/C21H23FN2O2S/c1-2-15-3-6-18(7-4-15)27(25,26)24-11-9-16(10-12-24)20-14-23-21-13-17(22)5-8-19(20)21/h3-8,13-14,16,23H,2,9-12H2,1H3. The SMILES string of the molecule is CCc1ccc(S(=O)(=O)N2CCC(c3c[nH]c4cc(F)ccc34)CC2)cc1. The largest absolute Gasteiger partial charge is 0.361 e. The minimum absolute atomic E-state index is 0.258. The maximum absolute atomic E-state index is 13.4. The maximum atomic E-state index is 13.4. The fraction of sp³-hybridized carbons (Fsp3) is 0.333. The van der Waals surface area contributed by atoms with Gasteiger partial charge in [-0.3, -0.25) is 0 Å². The van der Waals surface area contributed by atoms with E-state index >= 15 is 0 Å². The number of hydrogen-bond donors (Lipinski definition) is 1. The minimum atomic E-state index is -3.45. The smallest absolute Gasteiger partial charge is 0.243 e. The predicted molar refractivity (Wildman–Crippen MR) is 105 cm³/mol. The molecule has 4 rings (SSSR count). The highest BCUT2D eigenvalue weighted by molar-refractivity contribution is 7.89. The number of aromatic nitrogens is 1. The van der Waals surface area contributed by atoms with E-state index in [1.165, 1.54) is 12.1 Å². The van der Waals surface area contributed by atoms with Gasteiger partial charge in [-0.25, -0.2) is 12.8 Å². The highest BCUT2D eigenvalue weighted by Gasteiger charge is 2.30. The quantitative estimate of drug-likeness (QED) is 0.721. The van der Waals surface area contributed by atoms with Crippen LogP contribution in [0.15, 0.2) is 53.6 Å². The zero-order valence-electron chi connectivity index (χ0n) is 15.3. The van der Waals surface area contributed by atoms with Crippen LogP contribution in [0.5, 0.6) is 0 Å². The van der Waals surface area contributed by atoms with Gasteiger partial charge in [-0.15, -0.1) is 0 Å². The zero-order chi connectivity index (χ0) is 19.0. The van der Waals surface area contributed by atoms with Crippen LogP contribution in [0.4, 0.5) is 4.39 Å². The number of H-pyrrole nitrogens is 1. The second-order valence-electron chi connectivity index (χ2n) is 7.11. The Morgan fingerprint density at radius 3 is 2.48 bits per heavy atom. The number of aromatic amines is 1. The van der Waals surface area contributed by atoms with Gasteiger partial charge in [0.2, 0.25) is 10.0 Å². The molecule has 0 aliphatic carbocycles. The normalized spacial score (nSPS) is 16.8. The fourth-order valence-electron chi connectivity index (χ4n) is 3.91. The van der Waals surface area contributed by atoms with Crippen molar-refractivity contribution in [3.05, 3.63) is 65.6 Å². The molecule has 0 saturated carbocycles.